The van der Waals surface area contributed by atoms with Gasteiger partial charge in [0, 0.05) is 12.6 Å². The summed E-state index contributed by atoms with van der Waals surface area (Å²) in [6.45, 7) is 3.15. The summed E-state index contributed by atoms with van der Waals surface area (Å²) >= 11 is 0. The lowest BCUT2D eigenvalue weighted by atomic mass is 9.95. The summed E-state index contributed by atoms with van der Waals surface area (Å²) < 4.78 is 0. The van der Waals surface area contributed by atoms with Crippen molar-refractivity contribution in [2.24, 2.45) is 0 Å². The molecule has 0 amide bonds. The third-order valence-corrected chi connectivity index (χ3v) is 4.20. The van der Waals surface area contributed by atoms with Crippen molar-refractivity contribution in [2.45, 2.75) is 18.9 Å². The quantitative estimate of drug-likeness (QED) is 0.813. The van der Waals surface area contributed by atoms with Crippen molar-refractivity contribution in [1.82, 2.24) is 10.6 Å². The molecule has 3 rings (SSSR count). The summed E-state index contributed by atoms with van der Waals surface area (Å²) in [5, 5.41) is 16.9. The van der Waals surface area contributed by atoms with Gasteiger partial charge in [-0.2, -0.15) is 0 Å². The summed E-state index contributed by atoms with van der Waals surface area (Å²) in [5.74, 6) is 0.304. The Morgan fingerprint density at radius 3 is 2.70 bits per heavy atom. The third-order valence-electron chi connectivity index (χ3n) is 4.20. The van der Waals surface area contributed by atoms with Crippen LogP contribution in [0.15, 0.2) is 60.7 Å². The largest absolute Gasteiger partial charge is 0.508 e. The van der Waals surface area contributed by atoms with E-state index in [9.17, 15) is 5.11 Å². The van der Waals surface area contributed by atoms with E-state index in [-0.39, 0.29) is 0 Å². The average Bonchev–Trinajstić information content (AvgIpc) is 2.85. The van der Waals surface area contributed by atoms with Crippen LogP contribution in [0.3, 0.4) is 0 Å². The van der Waals surface area contributed by atoms with E-state index in [2.05, 4.69) is 47.0 Å². The molecule has 1 aliphatic heterocycles. The lowest BCUT2D eigenvalue weighted by molar-refractivity contribution is 0.475. The second-order valence-electron chi connectivity index (χ2n) is 5.98. The lowest BCUT2D eigenvalue weighted by Crippen LogP contribution is -2.34. The van der Waals surface area contributed by atoms with E-state index in [1.165, 1.54) is 17.6 Å². The van der Waals surface area contributed by atoms with Gasteiger partial charge in [0.15, 0.2) is 0 Å². The number of nitrogens with one attached hydrogen (secondary N) is 2. The highest BCUT2D eigenvalue weighted by Gasteiger charge is 2.11. The Hall–Kier alpha value is -2.10. The molecule has 3 heteroatoms. The smallest absolute Gasteiger partial charge is 0.116 e. The van der Waals surface area contributed by atoms with Crippen molar-refractivity contribution in [3.8, 4) is 5.75 Å². The minimum absolute atomic E-state index is 0.304. The van der Waals surface area contributed by atoms with Gasteiger partial charge in [-0.25, -0.2) is 0 Å². The maximum Gasteiger partial charge on any atom is 0.116 e. The van der Waals surface area contributed by atoms with E-state index in [4.69, 9.17) is 0 Å². The van der Waals surface area contributed by atoms with Gasteiger partial charge >= 0.3 is 0 Å². The molecule has 0 saturated carbocycles. The van der Waals surface area contributed by atoms with Crippen LogP contribution >= 0.6 is 0 Å². The van der Waals surface area contributed by atoms with Crippen LogP contribution in [0.4, 0.5) is 0 Å². The van der Waals surface area contributed by atoms with Gasteiger partial charge in [-0.3, -0.25) is 0 Å². The highest BCUT2D eigenvalue weighted by atomic mass is 16.3. The Balaban J connectivity index is 1.87. The molecule has 2 aromatic rings. The van der Waals surface area contributed by atoms with Crippen LogP contribution in [0, 0.1) is 0 Å². The van der Waals surface area contributed by atoms with Crippen molar-refractivity contribution in [2.75, 3.05) is 19.6 Å². The molecule has 1 fully saturated rings. The SMILES string of the molecule is Oc1cccc(/C(=C\CC2CNCCCN2)c2ccccc2)c1. The van der Waals surface area contributed by atoms with Gasteiger partial charge in [0.2, 0.25) is 0 Å². The van der Waals surface area contributed by atoms with Gasteiger partial charge in [0.05, 0.1) is 0 Å². The average molecular weight is 308 g/mol. The summed E-state index contributed by atoms with van der Waals surface area (Å²) in [7, 11) is 0. The molecule has 2 aromatic carbocycles. The molecule has 3 nitrogen and oxygen atoms in total. The van der Waals surface area contributed by atoms with Gasteiger partial charge < -0.3 is 15.7 Å². The molecule has 0 bridgehead atoms. The molecule has 23 heavy (non-hydrogen) atoms. The van der Waals surface area contributed by atoms with E-state index in [1.54, 1.807) is 6.07 Å². The predicted octanol–water partition coefficient (Wildman–Crippen LogP) is 3.17. The van der Waals surface area contributed by atoms with Crippen LogP contribution in [0.2, 0.25) is 0 Å². The number of phenolic OH excluding ortho intramolecular Hbond substituents is 1. The zero-order valence-electron chi connectivity index (χ0n) is 13.3. The zero-order valence-corrected chi connectivity index (χ0v) is 13.3. The molecule has 1 atom stereocenters. The second kappa shape index (κ2) is 7.95. The number of hydrogen-bond donors (Lipinski definition) is 3. The van der Waals surface area contributed by atoms with E-state index in [0.29, 0.717) is 11.8 Å². The Kier molecular flexibility index (Phi) is 5.46. The maximum atomic E-state index is 9.81. The van der Waals surface area contributed by atoms with Crippen molar-refractivity contribution >= 4 is 5.57 Å². The third kappa shape index (κ3) is 4.44. The molecular weight excluding hydrogens is 284 g/mol. The van der Waals surface area contributed by atoms with Crippen molar-refractivity contribution in [3.63, 3.8) is 0 Å². The monoisotopic (exact) mass is 308 g/mol. The number of phenols is 1. The second-order valence-corrected chi connectivity index (χ2v) is 5.98. The standard InChI is InChI=1S/C20H24N2O/c23-19-9-4-8-17(14-19)20(16-6-2-1-3-7-16)11-10-18-15-21-12-5-13-22-18/h1-4,6-9,11,14,18,21-23H,5,10,12-13,15H2/b20-11-. The first-order valence-corrected chi connectivity index (χ1v) is 8.32. The molecule has 3 N–H and O–H groups in total. The molecular formula is C20H24N2O. The highest BCUT2D eigenvalue weighted by molar-refractivity contribution is 5.80. The first-order chi connectivity index (χ1) is 11.3. The van der Waals surface area contributed by atoms with Gasteiger partial charge in [0.25, 0.3) is 0 Å². The normalized spacial score (nSPS) is 19.3. The summed E-state index contributed by atoms with van der Waals surface area (Å²) in [5.41, 5.74) is 3.41. The Bertz CT molecular complexity index is 644. The van der Waals surface area contributed by atoms with Gasteiger partial charge in [-0.15, -0.1) is 0 Å². The Labute approximate surface area is 138 Å². The number of aromatic hydroxyl groups is 1. The van der Waals surface area contributed by atoms with Crippen LogP contribution in [-0.4, -0.2) is 30.8 Å². The minimum atomic E-state index is 0.304. The van der Waals surface area contributed by atoms with Gasteiger partial charge in [-0.1, -0.05) is 48.5 Å². The minimum Gasteiger partial charge on any atom is -0.508 e. The number of rotatable bonds is 4. The molecule has 1 heterocycles. The topological polar surface area (TPSA) is 44.3 Å². The van der Waals surface area contributed by atoms with E-state index in [1.807, 2.05) is 18.2 Å². The van der Waals surface area contributed by atoms with E-state index >= 15 is 0 Å². The van der Waals surface area contributed by atoms with Crippen molar-refractivity contribution < 1.29 is 5.11 Å². The number of hydrogen-bond acceptors (Lipinski definition) is 3. The summed E-state index contributed by atoms with van der Waals surface area (Å²) in [4.78, 5) is 0. The number of benzene rings is 2. The van der Waals surface area contributed by atoms with Crippen LogP contribution in [0.5, 0.6) is 5.75 Å². The van der Waals surface area contributed by atoms with Gasteiger partial charge in [-0.05, 0) is 54.8 Å². The Morgan fingerprint density at radius 2 is 1.87 bits per heavy atom. The summed E-state index contributed by atoms with van der Waals surface area (Å²) in [6, 6.07) is 18.3. The molecule has 0 aliphatic carbocycles. The fourth-order valence-electron chi connectivity index (χ4n) is 2.99. The van der Waals surface area contributed by atoms with E-state index in [0.717, 1.165) is 31.6 Å². The van der Waals surface area contributed by atoms with Crippen LogP contribution in [0.1, 0.15) is 24.0 Å². The van der Waals surface area contributed by atoms with Crippen LogP contribution in [0.25, 0.3) is 5.57 Å². The lowest BCUT2D eigenvalue weighted by Gasteiger charge is -2.15. The first-order valence-electron chi connectivity index (χ1n) is 8.32. The first kappa shape index (κ1) is 15.8. The van der Waals surface area contributed by atoms with Crippen LogP contribution < -0.4 is 10.6 Å². The van der Waals surface area contributed by atoms with Crippen molar-refractivity contribution in [1.29, 1.82) is 0 Å². The predicted molar refractivity (Wildman–Crippen MR) is 95.5 cm³/mol. The molecule has 1 unspecified atom stereocenters. The van der Waals surface area contributed by atoms with Crippen LogP contribution in [-0.2, 0) is 0 Å². The fraction of sp³-hybridized carbons (Fsp3) is 0.300. The fourth-order valence-corrected chi connectivity index (χ4v) is 2.99. The Morgan fingerprint density at radius 1 is 1.04 bits per heavy atom. The zero-order chi connectivity index (χ0) is 15.9. The molecule has 0 spiro atoms. The molecule has 120 valence electrons. The summed E-state index contributed by atoms with van der Waals surface area (Å²) in [6.07, 6.45) is 4.43. The molecule has 1 saturated heterocycles. The molecule has 1 aliphatic rings. The van der Waals surface area contributed by atoms with Gasteiger partial charge in [0.1, 0.15) is 5.75 Å². The van der Waals surface area contributed by atoms with Crippen molar-refractivity contribution in [3.05, 3.63) is 71.8 Å². The van der Waals surface area contributed by atoms with E-state index < -0.39 is 0 Å². The molecule has 0 aromatic heterocycles. The highest BCUT2D eigenvalue weighted by Crippen LogP contribution is 2.26. The molecule has 0 radical (unpaired) electrons. The maximum absolute atomic E-state index is 9.81.